The molecule has 0 fully saturated rings. The lowest BCUT2D eigenvalue weighted by molar-refractivity contribution is 0.470. The van der Waals surface area contributed by atoms with Crippen LogP contribution in [0.25, 0.3) is 0 Å². The molecule has 0 aliphatic heterocycles. The summed E-state index contributed by atoms with van der Waals surface area (Å²) in [5.74, 6) is 1.39. The number of hydrogen-bond acceptors (Lipinski definition) is 2. The van der Waals surface area contributed by atoms with Crippen LogP contribution in [-0.4, -0.2) is 12.6 Å². The van der Waals surface area contributed by atoms with Crippen LogP contribution >= 0.6 is 0 Å². The van der Waals surface area contributed by atoms with Crippen LogP contribution in [0.5, 0.6) is 0 Å². The first kappa shape index (κ1) is 14.6. The van der Waals surface area contributed by atoms with Gasteiger partial charge in [-0.05, 0) is 24.1 Å². The summed E-state index contributed by atoms with van der Waals surface area (Å²) in [6, 6.07) is 2.89. The molecule has 18 heavy (non-hydrogen) atoms. The van der Waals surface area contributed by atoms with E-state index in [1.165, 1.54) is 12.1 Å². The predicted octanol–water partition coefficient (Wildman–Crippen LogP) is 2.36. The standard InChI is InChI=1S/C14H18F2N2/c1-3-5-13(4-2)18-14(9-17)10-6-11(15)8-12(16)7-10/h2,6-8,13-14,18H,3,5,9,17H2,1H3. The second kappa shape index (κ2) is 7.10. The molecule has 0 radical (unpaired) electrons. The van der Waals surface area contributed by atoms with E-state index in [1.54, 1.807) is 0 Å². The zero-order chi connectivity index (χ0) is 13.5. The molecule has 0 saturated carbocycles. The maximum absolute atomic E-state index is 13.1. The number of halogens is 2. The summed E-state index contributed by atoms with van der Waals surface area (Å²) >= 11 is 0. The van der Waals surface area contributed by atoms with Crippen molar-refractivity contribution in [3.8, 4) is 12.3 Å². The highest BCUT2D eigenvalue weighted by molar-refractivity contribution is 5.22. The molecule has 2 nitrogen and oxygen atoms in total. The van der Waals surface area contributed by atoms with E-state index >= 15 is 0 Å². The van der Waals surface area contributed by atoms with Gasteiger partial charge in [0.1, 0.15) is 11.6 Å². The normalized spacial score (nSPS) is 13.9. The Morgan fingerprint density at radius 1 is 1.33 bits per heavy atom. The van der Waals surface area contributed by atoms with Crippen LogP contribution in [0.4, 0.5) is 8.78 Å². The first-order valence-corrected chi connectivity index (χ1v) is 5.99. The van der Waals surface area contributed by atoms with Crippen molar-refractivity contribution in [2.45, 2.75) is 31.8 Å². The number of nitrogens with two attached hydrogens (primary N) is 1. The number of rotatable bonds is 6. The predicted molar refractivity (Wildman–Crippen MR) is 68.8 cm³/mol. The fourth-order valence-electron chi connectivity index (χ4n) is 1.82. The number of terminal acetylenes is 1. The van der Waals surface area contributed by atoms with Gasteiger partial charge in [-0.3, -0.25) is 5.32 Å². The van der Waals surface area contributed by atoms with Crippen molar-refractivity contribution in [3.63, 3.8) is 0 Å². The summed E-state index contributed by atoms with van der Waals surface area (Å²) in [6.07, 6.45) is 7.12. The van der Waals surface area contributed by atoms with Crippen molar-refractivity contribution in [3.05, 3.63) is 35.4 Å². The average molecular weight is 252 g/mol. The van der Waals surface area contributed by atoms with E-state index in [0.29, 0.717) is 5.56 Å². The second-order valence-corrected chi connectivity index (χ2v) is 4.17. The molecule has 1 rings (SSSR count). The molecular formula is C14H18F2N2. The lowest BCUT2D eigenvalue weighted by Crippen LogP contribution is -2.36. The molecule has 4 heteroatoms. The molecule has 0 aromatic heterocycles. The molecule has 98 valence electrons. The lowest BCUT2D eigenvalue weighted by atomic mass is 10.0. The van der Waals surface area contributed by atoms with Gasteiger partial charge < -0.3 is 5.73 Å². The van der Waals surface area contributed by atoms with Gasteiger partial charge in [0.2, 0.25) is 0 Å². The molecule has 0 aliphatic carbocycles. The monoisotopic (exact) mass is 252 g/mol. The lowest BCUT2D eigenvalue weighted by Gasteiger charge is -2.21. The summed E-state index contributed by atoms with van der Waals surface area (Å²) in [7, 11) is 0. The van der Waals surface area contributed by atoms with Crippen LogP contribution in [0.2, 0.25) is 0 Å². The molecule has 0 amide bonds. The molecule has 2 unspecified atom stereocenters. The Hall–Kier alpha value is -1.44. The Labute approximate surface area is 107 Å². The second-order valence-electron chi connectivity index (χ2n) is 4.17. The largest absolute Gasteiger partial charge is 0.329 e. The van der Waals surface area contributed by atoms with E-state index in [9.17, 15) is 8.78 Å². The molecule has 0 heterocycles. The first-order chi connectivity index (χ1) is 8.60. The molecule has 2 atom stereocenters. The van der Waals surface area contributed by atoms with Crippen LogP contribution in [0.3, 0.4) is 0 Å². The highest BCUT2D eigenvalue weighted by Crippen LogP contribution is 2.16. The van der Waals surface area contributed by atoms with E-state index in [2.05, 4.69) is 11.2 Å². The summed E-state index contributed by atoms with van der Waals surface area (Å²) in [6.45, 7) is 2.25. The van der Waals surface area contributed by atoms with Crippen LogP contribution in [0.1, 0.15) is 31.4 Å². The van der Waals surface area contributed by atoms with Crippen LogP contribution < -0.4 is 11.1 Å². The van der Waals surface area contributed by atoms with Crippen molar-refractivity contribution in [1.29, 1.82) is 0 Å². The Bertz CT molecular complexity index is 406. The van der Waals surface area contributed by atoms with E-state index < -0.39 is 11.6 Å². The summed E-state index contributed by atoms with van der Waals surface area (Å²) in [4.78, 5) is 0. The van der Waals surface area contributed by atoms with Gasteiger partial charge in [0.05, 0.1) is 6.04 Å². The van der Waals surface area contributed by atoms with Gasteiger partial charge in [-0.15, -0.1) is 6.42 Å². The Kier molecular flexibility index (Phi) is 5.76. The number of nitrogens with one attached hydrogen (secondary N) is 1. The molecule has 1 aromatic carbocycles. The van der Waals surface area contributed by atoms with E-state index in [0.717, 1.165) is 18.9 Å². The summed E-state index contributed by atoms with van der Waals surface area (Å²) in [5, 5.41) is 3.13. The van der Waals surface area contributed by atoms with Crippen molar-refractivity contribution < 1.29 is 8.78 Å². The average Bonchev–Trinajstić information content (AvgIpc) is 2.33. The van der Waals surface area contributed by atoms with Crippen molar-refractivity contribution >= 4 is 0 Å². The van der Waals surface area contributed by atoms with Crippen LogP contribution in [-0.2, 0) is 0 Å². The van der Waals surface area contributed by atoms with Gasteiger partial charge in [-0.1, -0.05) is 19.3 Å². The molecule has 3 N–H and O–H groups in total. The minimum atomic E-state index is -0.613. The van der Waals surface area contributed by atoms with E-state index in [4.69, 9.17) is 12.2 Å². The van der Waals surface area contributed by atoms with Gasteiger partial charge in [-0.25, -0.2) is 8.78 Å². The summed E-state index contributed by atoms with van der Waals surface area (Å²) in [5.41, 5.74) is 6.11. The molecule has 0 aliphatic rings. The minimum absolute atomic E-state index is 0.144. The topological polar surface area (TPSA) is 38.0 Å². The zero-order valence-corrected chi connectivity index (χ0v) is 10.4. The molecule has 0 saturated heterocycles. The molecular weight excluding hydrogens is 234 g/mol. The van der Waals surface area contributed by atoms with E-state index in [1.807, 2.05) is 6.92 Å². The highest BCUT2D eigenvalue weighted by Gasteiger charge is 2.15. The summed E-state index contributed by atoms with van der Waals surface area (Å²) < 4.78 is 26.3. The third kappa shape index (κ3) is 4.10. The van der Waals surface area contributed by atoms with Gasteiger partial charge in [0, 0.05) is 18.7 Å². The zero-order valence-electron chi connectivity index (χ0n) is 10.4. The maximum Gasteiger partial charge on any atom is 0.126 e. The highest BCUT2D eigenvalue weighted by atomic mass is 19.1. The van der Waals surface area contributed by atoms with Crippen molar-refractivity contribution in [1.82, 2.24) is 5.32 Å². The fourth-order valence-corrected chi connectivity index (χ4v) is 1.82. The van der Waals surface area contributed by atoms with Crippen molar-refractivity contribution in [2.75, 3.05) is 6.54 Å². The molecule has 0 bridgehead atoms. The Morgan fingerprint density at radius 3 is 2.39 bits per heavy atom. The smallest absolute Gasteiger partial charge is 0.126 e. The van der Waals surface area contributed by atoms with Crippen molar-refractivity contribution in [2.24, 2.45) is 5.73 Å². The molecule has 0 spiro atoms. The SMILES string of the molecule is C#CC(CCC)NC(CN)c1cc(F)cc(F)c1. The van der Waals surface area contributed by atoms with Gasteiger partial charge >= 0.3 is 0 Å². The third-order valence-corrected chi connectivity index (χ3v) is 2.70. The quantitative estimate of drug-likeness (QED) is 0.763. The van der Waals surface area contributed by atoms with Crippen LogP contribution in [0.15, 0.2) is 18.2 Å². The Morgan fingerprint density at radius 2 is 1.94 bits per heavy atom. The number of hydrogen-bond donors (Lipinski definition) is 2. The third-order valence-electron chi connectivity index (χ3n) is 2.70. The molecule has 1 aromatic rings. The fraction of sp³-hybridized carbons (Fsp3) is 0.429. The van der Waals surface area contributed by atoms with Gasteiger partial charge in [0.15, 0.2) is 0 Å². The maximum atomic E-state index is 13.1. The number of benzene rings is 1. The van der Waals surface area contributed by atoms with Gasteiger partial charge in [-0.2, -0.15) is 0 Å². The Balaban J connectivity index is 2.85. The first-order valence-electron chi connectivity index (χ1n) is 5.99. The minimum Gasteiger partial charge on any atom is -0.329 e. The van der Waals surface area contributed by atoms with E-state index in [-0.39, 0.29) is 18.6 Å². The van der Waals surface area contributed by atoms with Gasteiger partial charge in [0.25, 0.3) is 0 Å². The van der Waals surface area contributed by atoms with Crippen LogP contribution in [0, 0.1) is 24.0 Å².